The fraction of sp³-hybridized carbons (Fsp3) is 0.433. The minimum atomic E-state index is 0.197. The number of benzene rings is 2. The molecule has 33 heavy (non-hydrogen) atoms. The standard InChI is InChI=1S/C15H20O2.C15H22O/c1-11(2)6-5-7-15(16)14-9-8-13(17-4)10-12(14)3;1-12(2)7-5-6-8-14-9-10-15(16-4)11-13(14)3/h6,8-10H,5,7H2,1-4H3;7,9-11H,5-6,8H2,1-4H3. The number of ether oxygens (including phenoxy) is 2. The van der Waals surface area contributed by atoms with Gasteiger partial charge >= 0.3 is 0 Å². The summed E-state index contributed by atoms with van der Waals surface area (Å²) in [6, 6.07) is 11.9. The van der Waals surface area contributed by atoms with Crippen LogP contribution in [0.2, 0.25) is 0 Å². The molecule has 0 radical (unpaired) electrons. The molecule has 2 rings (SSSR count). The maximum atomic E-state index is 12.0. The zero-order chi connectivity index (χ0) is 24.8. The molecule has 3 nitrogen and oxygen atoms in total. The van der Waals surface area contributed by atoms with E-state index in [9.17, 15) is 4.79 Å². The molecule has 2 aromatic carbocycles. The first-order chi connectivity index (χ1) is 15.7. The van der Waals surface area contributed by atoms with Crippen LogP contribution in [0.3, 0.4) is 0 Å². The van der Waals surface area contributed by atoms with E-state index < -0.39 is 0 Å². The second-order valence-electron chi connectivity index (χ2n) is 8.89. The molecule has 0 N–H and O–H groups in total. The first kappa shape index (κ1) is 28.2. The van der Waals surface area contributed by atoms with Crippen molar-refractivity contribution in [3.63, 3.8) is 0 Å². The van der Waals surface area contributed by atoms with E-state index in [1.165, 1.54) is 35.1 Å². The maximum absolute atomic E-state index is 12.0. The van der Waals surface area contributed by atoms with Gasteiger partial charge in [-0.05, 0) is 114 Å². The van der Waals surface area contributed by atoms with Crippen molar-refractivity contribution >= 4 is 5.78 Å². The van der Waals surface area contributed by atoms with E-state index in [4.69, 9.17) is 9.47 Å². The highest BCUT2D eigenvalue weighted by molar-refractivity contribution is 5.97. The van der Waals surface area contributed by atoms with Crippen LogP contribution in [0.25, 0.3) is 0 Å². The molecule has 0 fully saturated rings. The molecular formula is C30H42O3. The largest absolute Gasteiger partial charge is 0.497 e. The molecule has 0 amide bonds. The average Bonchev–Trinajstić information content (AvgIpc) is 2.77. The lowest BCUT2D eigenvalue weighted by molar-refractivity contribution is 0.0983. The lowest BCUT2D eigenvalue weighted by Crippen LogP contribution is -2.01. The SMILES string of the molecule is COc1ccc(C(=O)CCC=C(C)C)c(C)c1.COc1ccc(CCCC=C(C)C)c(C)c1. The Hall–Kier alpha value is -2.81. The lowest BCUT2D eigenvalue weighted by Gasteiger charge is -2.07. The zero-order valence-electron chi connectivity index (χ0n) is 21.9. The Balaban J connectivity index is 0.000000331. The van der Waals surface area contributed by atoms with Crippen LogP contribution in [0.4, 0.5) is 0 Å². The Kier molecular flexibility index (Phi) is 12.9. The highest BCUT2D eigenvalue weighted by Gasteiger charge is 2.08. The predicted molar refractivity (Wildman–Crippen MR) is 141 cm³/mol. The van der Waals surface area contributed by atoms with Gasteiger partial charge in [-0.2, -0.15) is 0 Å². The van der Waals surface area contributed by atoms with Crippen LogP contribution in [0, 0.1) is 13.8 Å². The summed E-state index contributed by atoms with van der Waals surface area (Å²) in [5.74, 6) is 1.94. The van der Waals surface area contributed by atoms with Gasteiger partial charge in [-0.25, -0.2) is 0 Å². The number of methoxy groups -OCH3 is 2. The van der Waals surface area contributed by atoms with E-state index in [1.807, 2.05) is 45.0 Å². The number of carbonyl (C=O) groups is 1. The summed E-state index contributed by atoms with van der Waals surface area (Å²) in [5, 5.41) is 0. The van der Waals surface area contributed by atoms with E-state index in [2.05, 4.69) is 45.1 Å². The van der Waals surface area contributed by atoms with Crippen molar-refractivity contribution in [1.29, 1.82) is 0 Å². The molecule has 0 bridgehead atoms. The Bertz CT molecular complexity index is 943. The highest BCUT2D eigenvalue weighted by atomic mass is 16.5. The number of unbranched alkanes of at least 4 members (excludes halogenated alkanes) is 1. The third kappa shape index (κ3) is 11.1. The summed E-state index contributed by atoms with van der Waals surface area (Å²) in [6.45, 7) is 12.5. The lowest BCUT2D eigenvalue weighted by atomic mass is 10.0. The monoisotopic (exact) mass is 450 g/mol. The Morgan fingerprint density at radius 2 is 1.33 bits per heavy atom. The molecule has 2 aromatic rings. The zero-order valence-corrected chi connectivity index (χ0v) is 21.9. The van der Waals surface area contributed by atoms with E-state index in [0.29, 0.717) is 6.42 Å². The minimum absolute atomic E-state index is 0.197. The molecule has 180 valence electrons. The molecule has 0 saturated carbocycles. The van der Waals surface area contributed by atoms with Crippen molar-refractivity contribution < 1.29 is 14.3 Å². The smallest absolute Gasteiger partial charge is 0.163 e. The van der Waals surface area contributed by atoms with Crippen LogP contribution in [0.1, 0.15) is 80.4 Å². The Morgan fingerprint density at radius 1 is 0.788 bits per heavy atom. The molecular weight excluding hydrogens is 408 g/mol. The van der Waals surface area contributed by atoms with Gasteiger partial charge in [0.15, 0.2) is 5.78 Å². The maximum Gasteiger partial charge on any atom is 0.163 e. The fourth-order valence-corrected chi connectivity index (χ4v) is 3.46. The van der Waals surface area contributed by atoms with E-state index in [1.54, 1.807) is 14.2 Å². The van der Waals surface area contributed by atoms with Crippen molar-refractivity contribution in [3.05, 3.63) is 82.0 Å². The third-order valence-corrected chi connectivity index (χ3v) is 5.41. The average molecular weight is 451 g/mol. The van der Waals surface area contributed by atoms with E-state index in [-0.39, 0.29) is 5.78 Å². The molecule has 0 aliphatic carbocycles. The minimum Gasteiger partial charge on any atom is -0.497 e. The van der Waals surface area contributed by atoms with Crippen LogP contribution in [0.5, 0.6) is 11.5 Å². The van der Waals surface area contributed by atoms with E-state index >= 15 is 0 Å². The molecule has 0 aromatic heterocycles. The Labute approximate surface area is 201 Å². The molecule has 0 aliphatic heterocycles. The topological polar surface area (TPSA) is 35.5 Å². The van der Waals surface area contributed by atoms with Crippen molar-refractivity contribution in [2.45, 2.75) is 73.6 Å². The van der Waals surface area contributed by atoms with Gasteiger partial charge in [-0.1, -0.05) is 29.4 Å². The van der Waals surface area contributed by atoms with Gasteiger partial charge in [0.25, 0.3) is 0 Å². The summed E-state index contributed by atoms with van der Waals surface area (Å²) in [7, 11) is 3.34. The highest BCUT2D eigenvalue weighted by Crippen LogP contribution is 2.19. The Morgan fingerprint density at radius 3 is 1.85 bits per heavy atom. The first-order valence-corrected chi connectivity index (χ1v) is 11.8. The number of carbonyl (C=O) groups excluding carboxylic acids is 1. The molecule has 0 spiro atoms. The van der Waals surface area contributed by atoms with E-state index in [0.717, 1.165) is 35.5 Å². The van der Waals surface area contributed by atoms with Crippen LogP contribution >= 0.6 is 0 Å². The number of rotatable bonds is 10. The van der Waals surface area contributed by atoms with Gasteiger partial charge in [0.1, 0.15) is 11.5 Å². The van der Waals surface area contributed by atoms with Gasteiger partial charge in [0.2, 0.25) is 0 Å². The number of ketones is 1. The number of hydrogen-bond donors (Lipinski definition) is 0. The fourth-order valence-electron chi connectivity index (χ4n) is 3.46. The first-order valence-electron chi connectivity index (χ1n) is 11.8. The number of allylic oxidation sites excluding steroid dienone is 4. The molecule has 3 heteroatoms. The number of aryl methyl sites for hydroxylation is 3. The van der Waals surface area contributed by atoms with Gasteiger partial charge in [0.05, 0.1) is 14.2 Å². The summed E-state index contributed by atoms with van der Waals surface area (Å²) in [4.78, 5) is 12.0. The van der Waals surface area contributed by atoms with Crippen molar-refractivity contribution in [2.75, 3.05) is 14.2 Å². The van der Waals surface area contributed by atoms with Gasteiger partial charge in [-0.3, -0.25) is 4.79 Å². The quantitative estimate of drug-likeness (QED) is 0.208. The normalized spacial score (nSPS) is 9.94. The predicted octanol–water partition coefficient (Wildman–Crippen LogP) is 8.23. The summed E-state index contributed by atoms with van der Waals surface area (Å²) < 4.78 is 10.3. The van der Waals surface area contributed by atoms with Crippen LogP contribution in [-0.4, -0.2) is 20.0 Å². The molecule has 0 saturated heterocycles. The van der Waals surface area contributed by atoms with Crippen molar-refractivity contribution in [3.8, 4) is 11.5 Å². The van der Waals surface area contributed by atoms with Gasteiger partial charge in [-0.15, -0.1) is 0 Å². The van der Waals surface area contributed by atoms with Crippen LogP contribution < -0.4 is 9.47 Å². The summed E-state index contributed by atoms with van der Waals surface area (Å²) in [5.41, 5.74) is 7.20. The summed E-state index contributed by atoms with van der Waals surface area (Å²) >= 11 is 0. The summed E-state index contributed by atoms with van der Waals surface area (Å²) in [6.07, 6.45) is 9.33. The van der Waals surface area contributed by atoms with Crippen molar-refractivity contribution in [2.24, 2.45) is 0 Å². The van der Waals surface area contributed by atoms with Crippen LogP contribution in [-0.2, 0) is 6.42 Å². The number of Topliss-reactive ketones (excluding diaryl/α,β-unsaturated/α-hetero) is 1. The van der Waals surface area contributed by atoms with Gasteiger partial charge in [0, 0.05) is 12.0 Å². The molecule has 0 aliphatic rings. The van der Waals surface area contributed by atoms with Crippen LogP contribution in [0.15, 0.2) is 59.7 Å². The molecule has 0 atom stereocenters. The second-order valence-corrected chi connectivity index (χ2v) is 8.89. The van der Waals surface area contributed by atoms with Crippen molar-refractivity contribution in [1.82, 2.24) is 0 Å². The number of hydrogen-bond acceptors (Lipinski definition) is 3. The third-order valence-electron chi connectivity index (χ3n) is 5.41. The molecule has 0 unspecified atom stereocenters. The molecule has 0 heterocycles. The van der Waals surface area contributed by atoms with Gasteiger partial charge < -0.3 is 9.47 Å². The second kappa shape index (κ2) is 15.1.